The fourth-order valence-corrected chi connectivity index (χ4v) is 4.08. The van der Waals surface area contributed by atoms with Crippen molar-refractivity contribution >= 4 is 28.1 Å². The van der Waals surface area contributed by atoms with Crippen LogP contribution in [0.3, 0.4) is 0 Å². The molecule has 0 fully saturated rings. The number of halogens is 1. The summed E-state index contributed by atoms with van der Waals surface area (Å²) in [5.74, 6) is 1.08. The van der Waals surface area contributed by atoms with Crippen molar-refractivity contribution < 1.29 is 27.8 Å². The average molecular weight is 476 g/mol. The van der Waals surface area contributed by atoms with Crippen molar-refractivity contribution in [3.05, 3.63) is 77.8 Å². The minimum atomic E-state index is -0.334. The topological polar surface area (TPSA) is 69.9 Å². The molecule has 1 amide bonds. The Hall–Kier alpha value is -4.26. The zero-order valence-corrected chi connectivity index (χ0v) is 20.2. The summed E-state index contributed by atoms with van der Waals surface area (Å²) in [6.45, 7) is 3.74. The first-order valence-corrected chi connectivity index (χ1v) is 10.9. The second-order valence-electron chi connectivity index (χ2n) is 8.00. The van der Waals surface area contributed by atoms with Crippen LogP contribution in [0.1, 0.15) is 18.1 Å². The molecule has 0 saturated heterocycles. The van der Waals surface area contributed by atoms with Gasteiger partial charge in [-0.1, -0.05) is 12.1 Å². The normalized spacial score (nSPS) is 11.4. The molecule has 1 N–H and O–H groups in total. The molecule has 0 saturated carbocycles. The monoisotopic (exact) mass is 475 g/mol. The van der Waals surface area contributed by atoms with Gasteiger partial charge < -0.3 is 23.9 Å². The Bertz CT molecular complexity index is 1420. The first-order chi connectivity index (χ1) is 16.9. The van der Waals surface area contributed by atoms with Crippen LogP contribution < -0.4 is 19.5 Å². The molecule has 0 spiro atoms. The lowest BCUT2D eigenvalue weighted by molar-refractivity contribution is -0.111. The highest BCUT2D eigenvalue weighted by molar-refractivity contribution is 6.06. The number of methoxy groups -OCH3 is 3. The smallest absolute Gasteiger partial charge is 0.248 e. The Morgan fingerprint density at radius 3 is 2.40 bits per heavy atom. The molecule has 4 aromatic rings. The number of fused-ring (bicyclic) bond motifs is 1. The van der Waals surface area contributed by atoms with Crippen molar-refractivity contribution in [3.63, 3.8) is 0 Å². The van der Waals surface area contributed by atoms with Crippen LogP contribution in [0.4, 0.5) is 10.1 Å². The Kier molecular flexibility index (Phi) is 6.78. The van der Waals surface area contributed by atoms with Gasteiger partial charge in [0.05, 0.1) is 33.3 Å². The van der Waals surface area contributed by atoms with Crippen molar-refractivity contribution in [1.82, 2.24) is 0 Å². The number of hydrogen-bond acceptors (Lipinski definition) is 5. The van der Waals surface area contributed by atoms with Crippen LogP contribution in [-0.2, 0) is 4.79 Å². The Balaban J connectivity index is 1.74. The third-order valence-electron chi connectivity index (χ3n) is 5.84. The van der Waals surface area contributed by atoms with Crippen molar-refractivity contribution in [2.24, 2.45) is 0 Å². The number of ether oxygens (including phenoxy) is 3. The number of hydrogen-bond donors (Lipinski definition) is 1. The fraction of sp³-hybridized carbons (Fsp3) is 0.179. The van der Waals surface area contributed by atoms with Gasteiger partial charge in [-0.3, -0.25) is 4.79 Å². The van der Waals surface area contributed by atoms with Gasteiger partial charge in [0.2, 0.25) is 5.91 Å². The number of benzene rings is 3. The van der Waals surface area contributed by atoms with E-state index in [4.69, 9.17) is 18.6 Å². The largest absolute Gasteiger partial charge is 0.497 e. The molecule has 6 nitrogen and oxygen atoms in total. The second-order valence-corrected chi connectivity index (χ2v) is 8.00. The molecular weight excluding hydrogens is 449 g/mol. The SMILES string of the molecule is COc1ccc(OC)c(NC(=O)/C=C(\C)c2cc3c(-c4ccc(F)cc4)coc3c(C)c2OC)c1. The maximum atomic E-state index is 13.4. The molecule has 180 valence electrons. The highest BCUT2D eigenvalue weighted by Gasteiger charge is 2.19. The van der Waals surface area contributed by atoms with Crippen LogP contribution in [0.25, 0.3) is 27.7 Å². The quantitative estimate of drug-likeness (QED) is 0.304. The maximum absolute atomic E-state index is 13.4. The molecule has 7 heteroatoms. The highest BCUT2D eigenvalue weighted by atomic mass is 19.1. The van der Waals surface area contributed by atoms with Gasteiger partial charge in [0.1, 0.15) is 28.6 Å². The van der Waals surface area contributed by atoms with E-state index in [1.54, 1.807) is 50.8 Å². The zero-order valence-electron chi connectivity index (χ0n) is 20.2. The van der Waals surface area contributed by atoms with Crippen LogP contribution in [0.15, 0.2) is 65.3 Å². The molecule has 4 rings (SSSR count). The van der Waals surface area contributed by atoms with Gasteiger partial charge in [-0.25, -0.2) is 4.39 Å². The molecule has 0 atom stereocenters. The molecule has 1 aromatic heterocycles. The van der Waals surface area contributed by atoms with E-state index in [0.717, 1.165) is 27.6 Å². The number of carbonyl (C=O) groups excluding carboxylic acids is 1. The molecule has 35 heavy (non-hydrogen) atoms. The number of allylic oxidation sites excluding steroid dienone is 1. The van der Waals surface area contributed by atoms with E-state index in [1.807, 2.05) is 19.9 Å². The number of carbonyl (C=O) groups is 1. The standard InChI is InChI=1S/C28H26FNO5/c1-16(12-26(31)30-24-13-20(32-3)10-11-25(24)33-4)21-14-22-23(18-6-8-19(29)9-7-18)15-35-28(22)17(2)27(21)34-5/h6-15H,1-5H3,(H,30,31)/b16-12+. The molecule has 0 radical (unpaired) electrons. The number of rotatable bonds is 7. The predicted molar refractivity (Wildman–Crippen MR) is 135 cm³/mol. The summed E-state index contributed by atoms with van der Waals surface area (Å²) in [7, 11) is 4.67. The number of aryl methyl sites for hydroxylation is 1. The summed E-state index contributed by atoms with van der Waals surface area (Å²) >= 11 is 0. The van der Waals surface area contributed by atoms with E-state index in [2.05, 4.69) is 5.32 Å². The second kappa shape index (κ2) is 9.93. The molecule has 0 unspecified atom stereocenters. The lowest BCUT2D eigenvalue weighted by Gasteiger charge is -2.14. The zero-order chi connectivity index (χ0) is 25.1. The van der Waals surface area contributed by atoms with Gasteiger partial charge >= 0.3 is 0 Å². The highest BCUT2D eigenvalue weighted by Crippen LogP contribution is 2.40. The fourth-order valence-electron chi connectivity index (χ4n) is 4.08. The van der Waals surface area contributed by atoms with E-state index in [-0.39, 0.29) is 11.7 Å². The summed E-state index contributed by atoms with van der Waals surface area (Å²) in [6, 6.07) is 13.3. The molecule has 0 aliphatic carbocycles. The van der Waals surface area contributed by atoms with E-state index >= 15 is 0 Å². The van der Waals surface area contributed by atoms with Crippen molar-refractivity contribution in [1.29, 1.82) is 0 Å². The molecular formula is C28H26FNO5. The van der Waals surface area contributed by atoms with Gasteiger partial charge in [0.15, 0.2) is 0 Å². The third-order valence-corrected chi connectivity index (χ3v) is 5.84. The van der Waals surface area contributed by atoms with Crippen molar-refractivity contribution in [3.8, 4) is 28.4 Å². The lowest BCUT2D eigenvalue weighted by Crippen LogP contribution is -2.10. The minimum absolute atomic E-state index is 0.308. The van der Waals surface area contributed by atoms with Crippen LogP contribution >= 0.6 is 0 Å². The third kappa shape index (κ3) is 4.71. The van der Waals surface area contributed by atoms with Gasteiger partial charge in [-0.05, 0) is 55.3 Å². The summed E-state index contributed by atoms with van der Waals surface area (Å²) in [5.41, 5.74) is 5.05. The molecule has 0 aliphatic rings. The van der Waals surface area contributed by atoms with Crippen LogP contribution in [0.5, 0.6) is 17.2 Å². The minimum Gasteiger partial charge on any atom is -0.497 e. The number of anilines is 1. The maximum Gasteiger partial charge on any atom is 0.248 e. The summed E-state index contributed by atoms with van der Waals surface area (Å²) in [6.07, 6.45) is 3.15. The Labute approximate surface area is 202 Å². The molecule has 1 heterocycles. The predicted octanol–water partition coefficient (Wildman–Crippen LogP) is 6.62. The van der Waals surface area contributed by atoms with Crippen molar-refractivity contribution in [2.45, 2.75) is 13.8 Å². The lowest BCUT2D eigenvalue weighted by atomic mass is 9.96. The van der Waals surface area contributed by atoms with Crippen LogP contribution in [0.2, 0.25) is 0 Å². The number of nitrogens with one attached hydrogen (secondary N) is 1. The van der Waals surface area contributed by atoms with Gasteiger partial charge in [-0.2, -0.15) is 0 Å². The summed E-state index contributed by atoms with van der Waals surface area (Å²) in [5, 5.41) is 3.69. The van der Waals surface area contributed by atoms with Gasteiger partial charge in [0, 0.05) is 34.2 Å². The first-order valence-electron chi connectivity index (χ1n) is 10.9. The van der Waals surface area contributed by atoms with Crippen LogP contribution in [0, 0.1) is 12.7 Å². The molecule has 0 aliphatic heterocycles. The first kappa shape index (κ1) is 23.9. The summed E-state index contributed by atoms with van der Waals surface area (Å²) in [4.78, 5) is 12.9. The van der Waals surface area contributed by atoms with E-state index in [0.29, 0.717) is 34.1 Å². The Morgan fingerprint density at radius 1 is 1.00 bits per heavy atom. The number of amides is 1. The van der Waals surface area contributed by atoms with Crippen molar-refractivity contribution in [2.75, 3.05) is 26.6 Å². The van der Waals surface area contributed by atoms with E-state index in [1.165, 1.54) is 25.3 Å². The van der Waals surface area contributed by atoms with E-state index in [9.17, 15) is 9.18 Å². The van der Waals surface area contributed by atoms with E-state index < -0.39 is 0 Å². The van der Waals surface area contributed by atoms with Crippen LogP contribution in [-0.4, -0.2) is 27.2 Å². The number of furan rings is 1. The Morgan fingerprint density at radius 2 is 1.74 bits per heavy atom. The summed E-state index contributed by atoms with van der Waals surface area (Å²) < 4.78 is 35.6. The van der Waals surface area contributed by atoms with Gasteiger partial charge in [0.25, 0.3) is 0 Å². The average Bonchev–Trinajstić information content (AvgIpc) is 3.28. The molecule has 3 aromatic carbocycles. The molecule has 0 bridgehead atoms. The van der Waals surface area contributed by atoms with Gasteiger partial charge in [-0.15, -0.1) is 0 Å².